The van der Waals surface area contributed by atoms with Gasteiger partial charge >= 0.3 is 0 Å². The summed E-state index contributed by atoms with van der Waals surface area (Å²) in [5.41, 5.74) is 1.37. The van der Waals surface area contributed by atoms with E-state index in [2.05, 4.69) is 17.6 Å². The molecule has 0 radical (unpaired) electrons. The molecule has 0 aliphatic heterocycles. The largest absolute Gasteiger partial charge is 0.326 e. The molecule has 2 aromatic carbocycles. The lowest BCUT2D eigenvalue weighted by Crippen LogP contribution is -2.13. The van der Waals surface area contributed by atoms with Gasteiger partial charge in [-0.2, -0.15) is 0 Å². The Morgan fingerprint density at radius 1 is 1.00 bits per heavy atom. The van der Waals surface area contributed by atoms with Gasteiger partial charge in [-0.25, -0.2) is 0 Å². The number of nitro groups is 1. The Hall–Kier alpha value is -3.22. The van der Waals surface area contributed by atoms with Crippen molar-refractivity contribution in [3.8, 4) is 0 Å². The molecule has 0 heterocycles. The molecule has 0 saturated heterocycles. The first kappa shape index (κ1) is 19.1. The average molecular weight is 355 g/mol. The van der Waals surface area contributed by atoms with Crippen molar-refractivity contribution in [1.29, 1.82) is 0 Å². The first-order valence-corrected chi connectivity index (χ1v) is 8.45. The molecule has 0 atom stereocenters. The van der Waals surface area contributed by atoms with Crippen LogP contribution in [0.4, 0.5) is 17.1 Å². The monoisotopic (exact) mass is 355 g/mol. The number of benzene rings is 2. The molecule has 26 heavy (non-hydrogen) atoms. The maximum absolute atomic E-state index is 12.2. The van der Waals surface area contributed by atoms with Crippen molar-refractivity contribution in [2.75, 3.05) is 10.6 Å². The normalized spacial score (nSPS) is 10.2. The Labute approximate surface area is 151 Å². The van der Waals surface area contributed by atoms with E-state index in [1.807, 2.05) is 0 Å². The molecular formula is C19H21N3O4. The maximum atomic E-state index is 12.2. The van der Waals surface area contributed by atoms with Crippen LogP contribution in [0.15, 0.2) is 48.5 Å². The lowest BCUT2D eigenvalue weighted by Gasteiger charge is -2.09. The fourth-order valence-electron chi connectivity index (χ4n) is 2.37. The first-order valence-electron chi connectivity index (χ1n) is 8.45. The molecule has 0 aliphatic carbocycles. The van der Waals surface area contributed by atoms with Gasteiger partial charge in [0.15, 0.2) is 0 Å². The topological polar surface area (TPSA) is 101 Å². The molecule has 0 unspecified atom stereocenters. The van der Waals surface area contributed by atoms with Gasteiger partial charge in [0.25, 0.3) is 11.6 Å². The van der Waals surface area contributed by atoms with Gasteiger partial charge in [0.05, 0.1) is 4.92 Å². The van der Waals surface area contributed by atoms with Gasteiger partial charge in [-0.05, 0) is 36.8 Å². The van der Waals surface area contributed by atoms with Crippen LogP contribution in [0.3, 0.4) is 0 Å². The van der Waals surface area contributed by atoms with Crippen LogP contribution >= 0.6 is 0 Å². The van der Waals surface area contributed by atoms with Crippen molar-refractivity contribution < 1.29 is 14.5 Å². The van der Waals surface area contributed by atoms with E-state index in [9.17, 15) is 19.7 Å². The van der Waals surface area contributed by atoms with Crippen LogP contribution in [-0.2, 0) is 4.79 Å². The average Bonchev–Trinajstić information content (AvgIpc) is 2.62. The van der Waals surface area contributed by atoms with Crippen LogP contribution in [0.5, 0.6) is 0 Å². The summed E-state index contributed by atoms with van der Waals surface area (Å²) in [7, 11) is 0. The molecule has 2 rings (SSSR count). The number of amides is 2. The summed E-state index contributed by atoms with van der Waals surface area (Å²) in [6, 6.07) is 12.2. The van der Waals surface area contributed by atoms with Gasteiger partial charge < -0.3 is 10.6 Å². The highest BCUT2D eigenvalue weighted by atomic mass is 16.6. The summed E-state index contributed by atoms with van der Waals surface area (Å²) >= 11 is 0. The molecule has 136 valence electrons. The van der Waals surface area contributed by atoms with Crippen molar-refractivity contribution in [2.24, 2.45) is 0 Å². The third-order valence-corrected chi connectivity index (χ3v) is 3.75. The van der Waals surface area contributed by atoms with E-state index >= 15 is 0 Å². The van der Waals surface area contributed by atoms with E-state index in [0.717, 1.165) is 19.3 Å². The van der Waals surface area contributed by atoms with Crippen LogP contribution in [0, 0.1) is 10.1 Å². The van der Waals surface area contributed by atoms with Crippen molar-refractivity contribution in [1.82, 2.24) is 0 Å². The molecule has 0 saturated carbocycles. The minimum Gasteiger partial charge on any atom is -0.326 e. The summed E-state index contributed by atoms with van der Waals surface area (Å²) in [5, 5.41) is 16.2. The van der Waals surface area contributed by atoms with Gasteiger partial charge in [-0.3, -0.25) is 19.7 Å². The number of nitrogens with zero attached hydrogens (tertiary/aromatic N) is 1. The highest BCUT2D eigenvalue weighted by Gasteiger charge is 2.10. The van der Waals surface area contributed by atoms with E-state index in [-0.39, 0.29) is 17.5 Å². The zero-order valence-corrected chi connectivity index (χ0v) is 14.5. The maximum Gasteiger partial charge on any atom is 0.269 e. The Morgan fingerprint density at radius 2 is 1.65 bits per heavy atom. The Bertz CT molecular complexity index is 788. The lowest BCUT2D eigenvalue weighted by molar-refractivity contribution is -0.384. The number of nitrogens with one attached hydrogen (secondary N) is 2. The molecule has 7 nitrogen and oxygen atoms in total. The second-order valence-electron chi connectivity index (χ2n) is 5.84. The number of carbonyl (C=O) groups excluding carboxylic acids is 2. The van der Waals surface area contributed by atoms with Gasteiger partial charge in [0.1, 0.15) is 0 Å². The zero-order valence-electron chi connectivity index (χ0n) is 14.5. The summed E-state index contributed by atoms with van der Waals surface area (Å²) in [4.78, 5) is 34.2. The molecule has 0 bridgehead atoms. The Morgan fingerprint density at radius 3 is 2.27 bits per heavy atom. The number of non-ortho nitro benzene ring substituents is 1. The highest BCUT2D eigenvalue weighted by Crippen LogP contribution is 2.18. The minimum atomic E-state index is -0.519. The number of carbonyl (C=O) groups is 2. The molecule has 2 aromatic rings. The third kappa shape index (κ3) is 5.70. The highest BCUT2D eigenvalue weighted by molar-refractivity contribution is 6.04. The van der Waals surface area contributed by atoms with Crippen molar-refractivity contribution in [2.45, 2.75) is 32.6 Å². The van der Waals surface area contributed by atoms with Crippen LogP contribution in [0.1, 0.15) is 43.0 Å². The zero-order chi connectivity index (χ0) is 18.9. The van der Waals surface area contributed by atoms with Crippen molar-refractivity contribution >= 4 is 28.9 Å². The van der Waals surface area contributed by atoms with Crippen LogP contribution < -0.4 is 10.6 Å². The van der Waals surface area contributed by atoms with E-state index < -0.39 is 4.92 Å². The second kappa shape index (κ2) is 9.31. The molecule has 0 aromatic heterocycles. The predicted octanol–water partition coefficient (Wildman–Crippen LogP) is 4.37. The number of unbranched alkanes of at least 4 members (excludes halogenated alkanes) is 2. The van der Waals surface area contributed by atoms with Gasteiger partial charge in [-0.1, -0.05) is 25.8 Å². The van der Waals surface area contributed by atoms with E-state index in [1.165, 1.54) is 24.3 Å². The van der Waals surface area contributed by atoms with E-state index in [0.29, 0.717) is 23.4 Å². The van der Waals surface area contributed by atoms with Crippen molar-refractivity contribution in [3.05, 3.63) is 64.2 Å². The standard InChI is InChI=1S/C19H21N3O4/c1-2-3-4-8-18(23)20-15-6-5-7-16(13-15)21-19(24)14-9-11-17(12-10-14)22(25)26/h5-7,9-13H,2-4,8H2,1H3,(H,20,23)(H,21,24). The quantitative estimate of drug-likeness (QED) is 0.417. The number of anilines is 2. The lowest BCUT2D eigenvalue weighted by atomic mass is 10.2. The minimum absolute atomic E-state index is 0.0581. The molecule has 0 fully saturated rings. The fraction of sp³-hybridized carbons (Fsp3) is 0.263. The number of hydrogen-bond acceptors (Lipinski definition) is 4. The van der Waals surface area contributed by atoms with E-state index in [4.69, 9.17) is 0 Å². The van der Waals surface area contributed by atoms with Gasteiger partial charge in [-0.15, -0.1) is 0 Å². The Kier molecular flexibility index (Phi) is 6.84. The van der Waals surface area contributed by atoms with Crippen LogP contribution in [-0.4, -0.2) is 16.7 Å². The SMILES string of the molecule is CCCCCC(=O)Nc1cccc(NC(=O)c2ccc([N+](=O)[O-])cc2)c1. The number of rotatable bonds is 8. The first-order chi connectivity index (χ1) is 12.5. The van der Waals surface area contributed by atoms with Gasteiger partial charge in [0, 0.05) is 35.5 Å². The summed E-state index contributed by atoms with van der Waals surface area (Å²) < 4.78 is 0. The Balaban J connectivity index is 1.97. The second-order valence-corrected chi connectivity index (χ2v) is 5.84. The molecular weight excluding hydrogens is 334 g/mol. The predicted molar refractivity (Wildman–Crippen MR) is 100 cm³/mol. The van der Waals surface area contributed by atoms with E-state index in [1.54, 1.807) is 24.3 Å². The summed E-state index contributed by atoms with van der Waals surface area (Å²) in [6.07, 6.45) is 3.38. The molecule has 2 amide bonds. The third-order valence-electron chi connectivity index (χ3n) is 3.75. The van der Waals surface area contributed by atoms with Crippen LogP contribution in [0.2, 0.25) is 0 Å². The fourth-order valence-corrected chi connectivity index (χ4v) is 2.37. The van der Waals surface area contributed by atoms with Crippen LogP contribution in [0.25, 0.3) is 0 Å². The van der Waals surface area contributed by atoms with Gasteiger partial charge in [0.2, 0.25) is 5.91 Å². The smallest absolute Gasteiger partial charge is 0.269 e. The molecule has 0 spiro atoms. The summed E-state index contributed by atoms with van der Waals surface area (Å²) in [5.74, 6) is -0.441. The molecule has 2 N–H and O–H groups in total. The number of hydrogen-bond donors (Lipinski definition) is 2. The number of nitro benzene ring substituents is 1. The summed E-state index contributed by atoms with van der Waals surface area (Å²) in [6.45, 7) is 2.08. The molecule has 7 heteroatoms. The molecule has 0 aliphatic rings. The van der Waals surface area contributed by atoms with Crippen molar-refractivity contribution in [3.63, 3.8) is 0 Å².